The van der Waals surface area contributed by atoms with Gasteiger partial charge >= 0.3 is 0 Å². The molecule has 1 fully saturated rings. The van der Waals surface area contributed by atoms with Crippen molar-refractivity contribution in [2.24, 2.45) is 5.73 Å². The second-order valence-corrected chi connectivity index (χ2v) is 4.20. The lowest BCUT2D eigenvalue weighted by molar-refractivity contribution is 0.229. The van der Waals surface area contributed by atoms with E-state index in [4.69, 9.17) is 14.7 Å². The van der Waals surface area contributed by atoms with Gasteiger partial charge in [0, 0.05) is 0 Å². The number of nitrogens with two attached hydrogens (primary N) is 1. The molecule has 0 aliphatic heterocycles. The Morgan fingerprint density at radius 1 is 1.41 bits per heavy atom. The third-order valence-corrected chi connectivity index (χ3v) is 3.06. The van der Waals surface area contributed by atoms with Gasteiger partial charge in [-0.3, -0.25) is 0 Å². The van der Waals surface area contributed by atoms with Gasteiger partial charge in [0.05, 0.1) is 11.2 Å². The van der Waals surface area contributed by atoms with E-state index in [0.29, 0.717) is 17.5 Å². The molecule has 0 saturated heterocycles. The Kier molecular flexibility index (Phi) is 2.92. The molecule has 3 rings (SSSR count). The normalized spacial score (nSPS) is 17.3. The Labute approximate surface area is 104 Å². The highest BCUT2D eigenvalue weighted by molar-refractivity contribution is 5.85. The molecule has 92 valence electrons. The predicted molar refractivity (Wildman–Crippen MR) is 61.5 cm³/mol. The topological polar surface area (TPSA) is 91.0 Å². The summed E-state index contributed by atoms with van der Waals surface area (Å²) in [5, 5.41) is 3.91. The molecule has 2 aromatic heterocycles. The minimum atomic E-state index is -0.407. The van der Waals surface area contributed by atoms with Crippen molar-refractivity contribution in [1.29, 1.82) is 0 Å². The van der Waals surface area contributed by atoms with E-state index >= 15 is 0 Å². The van der Waals surface area contributed by atoms with E-state index in [-0.39, 0.29) is 12.4 Å². The number of oxazole rings is 1. The maximum Gasteiger partial charge on any atom is 0.295 e. The van der Waals surface area contributed by atoms with Crippen molar-refractivity contribution in [2.75, 3.05) is 0 Å². The number of rotatable bonds is 2. The Hall–Kier alpha value is -1.40. The second-order valence-electron chi connectivity index (χ2n) is 4.20. The molecule has 0 bridgehead atoms. The highest BCUT2D eigenvalue weighted by Gasteiger charge is 2.39. The molecule has 0 unspecified atom stereocenters. The van der Waals surface area contributed by atoms with Gasteiger partial charge in [-0.1, -0.05) is 5.16 Å². The largest absolute Gasteiger partial charge is 0.438 e. The Balaban J connectivity index is 0.00000108. The van der Waals surface area contributed by atoms with Crippen molar-refractivity contribution in [3.8, 4) is 11.7 Å². The summed E-state index contributed by atoms with van der Waals surface area (Å²) in [7, 11) is 0. The predicted octanol–water partition coefficient (Wildman–Crippen LogP) is 1.79. The zero-order chi connectivity index (χ0) is 11.2. The van der Waals surface area contributed by atoms with Crippen molar-refractivity contribution in [1.82, 2.24) is 15.1 Å². The van der Waals surface area contributed by atoms with Crippen molar-refractivity contribution < 1.29 is 8.94 Å². The third kappa shape index (κ3) is 1.83. The maximum atomic E-state index is 6.10. The lowest BCUT2D eigenvalue weighted by atomic mass is 9.77. The molecule has 1 aliphatic rings. The van der Waals surface area contributed by atoms with Crippen LogP contribution in [0, 0.1) is 6.92 Å². The zero-order valence-electron chi connectivity index (χ0n) is 9.34. The maximum absolute atomic E-state index is 6.10. The number of hydrogen-bond donors (Lipinski definition) is 1. The number of halogens is 1. The van der Waals surface area contributed by atoms with Crippen LogP contribution in [-0.4, -0.2) is 15.1 Å². The van der Waals surface area contributed by atoms with Crippen LogP contribution in [0.3, 0.4) is 0 Å². The molecule has 0 atom stereocenters. The Morgan fingerprint density at radius 2 is 2.18 bits per heavy atom. The second kappa shape index (κ2) is 4.12. The van der Waals surface area contributed by atoms with E-state index in [1.54, 1.807) is 0 Å². The Morgan fingerprint density at radius 3 is 2.71 bits per heavy atom. The fraction of sp³-hybridized carbons (Fsp3) is 0.500. The molecule has 0 radical (unpaired) electrons. The van der Waals surface area contributed by atoms with E-state index in [1.807, 2.05) is 6.92 Å². The average Bonchev–Trinajstić information content (AvgIpc) is 2.82. The molecule has 0 amide bonds. The van der Waals surface area contributed by atoms with Gasteiger partial charge in [-0.15, -0.1) is 12.4 Å². The summed E-state index contributed by atoms with van der Waals surface area (Å²) in [6.45, 7) is 1.82. The lowest BCUT2D eigenvalue weighted by Gasteiger charge is -2.34. The fourth-order valence-corrected chi connectivity index (χ4v) is 1.81. The number of hydrogen-bond acceptors (Lipinski definition) is 6. The van der Waals surface area contributed by atoms with Gasteiger partial charge in [-0.2, -0.15) is 4.98 Å². The van der Waals surface area contributed by atoms with Gasteiger partial charge in [0.2, 0.25) is 5.76 Å². The molecule has 1 aliphatic carbocycles. The molecule has 1 saturated carbocycles. The van der Waals surface area contributed by atoms with E-state index in [0.717, 1.165) is 25.0 Å². The Bertz CT molecular complexity index is 518. The van der Waals surface area contributed by atoms with Crippen LogP contribution in [0.1, 0.15) is 30.8 Å². The van der Waals surface area contributed by atoms with Crippen molar-refractivity contribution in [3.63, 3.8) is 0 Å². The van der Waals surface area contributed by atoms with Crippen LogP contribution in [0.15, 0.2) is 15.3 Å². The zero-order valence-corrected chi connectivity index (χ0v) is 10.2. The lowest BCUT2D eigenvalue weighted by Crippen LogP contribution is -2.44. The smallest absolute Gasteiger partial charge is 0.295 e. The van der Waals surface area contributed by atoms with E-state index in [2.05, 4.69) is 15.1 Å². The summed E-state index contributed by atoms with van der Waals surface area (Å²) in [4.78, 5) is 8.24. The molecule has 2 heterocycles. The van der Waals surface area contributed by atoms with Gasteiger partial charge in [0.1, 0.15) is 0 Å². The summed E-state index contributed by atoms with van der Waals surface area (Å²) in [6.07, 6.45) is 4.28. The summed E-state index contributed by atoms with van der Waals surface area (Å²) >= 11 is 0. The molecule has 2 N–H and O–H groups in total. The average molecular weight is 257 g/mol. The fourth-order valence-electron chi connectivity index (χ4n) is 1.81. The van der Waals surface area contributed by atoms with Gasteiger partial charge < -0.3 is 14.7 Å². The molecule has 0 spiro atoms. The molecule has 17 heavy (non-hydrogen) atoms. The molecule has 0 aromatic carbocycles. The molecule has 6 nitrogen and oxygen atoms in total. The van der Waals surface area contributed by atoms with Crippen LogP contribution in [0.5, 0.6) is 0 Å². The van der Waals surface area contributed by atoms with Crippen LogP contribution in [0.4, 0.5) is 0 Å². The summed E-state index contributed by atoms with van der Waals surface area (Å²) in [6, 6.07) is 0. The highest BCUT2D eigenvalue weighted by atomic mass is 35.5. The summed E-state index contributed by atoms with van der Waals surface area (Å²) in [5.41, 5.74) is 6.42. The molecular formula is C10H13ClN4O2. The van der Waals surface area contributed by atoms with Crippen molar-refractivity contribution in [3.05, 3.63) is 17.9 Å². The van der Waals surface area contributed by atoms with Gasteiger partial charge in [0.25, 0.3) is 5.89 Å². The standard InChI is InChI=1S/C10H12N4O2.ClH/c1-6-7(15-5-12-6)8-13-9(14-16-8)10(11)3-2-4-10;/h5H,2-4,11H2,1H3;1H. The molecule has 2 aromatic rings. The van der Waals surface area contributed by atoms with Crippen LogP contribution in [0.25, 0.3) is 11.7 Å². The first-order valence-corrected chi connectivity index (χ1v) is 5.22. The molecule has 7 heteroatoms. The van der Waals surface area contributed by atoms with Gasteiger partial charge in [-0.25, -0.2) is 4.98 Å². The quantitative estimate of drug-likeness (QED) is 0.881. The van der Waals surface area contributed by atoms with Crippen molar-refractivity contribution >= 4 is 12.4 Å². The highest BCUT2D eigenvalue weighted by Crippen LogP contribution is 2.37. The first-order valence-electron chi connectivity index (χ1n) is 5.22. The third-order valence-electron chi connectivity index (χ3n) is 3.06. The van der Waals surface area contributed by atoms with Crippen LogP contribution >= 0.6 is 12.4 Å². The monoisotopic (exact) mass is 256 g/mol. The number of nitrogens with zero attached hydrogens (tertiary/aromatic N) is 3. The van der Waals surface area contributed by atoms with Crippen LogP contribution < -0.4 is 5.73 Å². The van der Waals surface area contributed by atoms with Gasteiger partial charge in [0.15, 0.2) is 12.2 Å². The molecular weight excluding hydrogens is 244 g/mol. The van der Waals surface area contributed by atoms with E-state index in [1.165, 1.54) is 6.39 Å². The number of aromatic nitrogens is 3. The van der Waals surface area contributed by atoms with Crippen LogP contribution in [0.2, 0.25) is 0 Å². The minimum Gasteiger partial charge on any atom is -0.438 e. The van der Waals surface area contributed by atoms with Crippen molar-refractivity contribution in [2.45, 2.75) is 31.7 Å². The van der Waals surface area contributed by atoms with Gasteiger partial charge in [-0.05, 0) is 26.2 Å². The van der Waals surface area contributed by atoms with Crippen LogP contribution in [-0.2, 0) is 5.54 Å². The summed E-state index contributed by atoms with van der Waals surface area (Å²) in [5.74, 6) is 1.42. The van der Waals surface area contributed by atoms with E-state index < -0.39 is 5.54 Å². The number of aryl methyl sites for hydroxylation is 1. The van der Waals surface area contributed by atoms with E-state index in [9.17, 15) is 0 Å². The first-order chi connectivity index (χ1) is 7.69. The SMILES string of the molecule is Cc1ncoc1-c1nc(C2(N)CCC2)no1.Cl. The minimum absolute atomic E-state index is 0. The first kappa shape index (κ1) is 12.1. The summed E-state index contributed by atoms with van der Waals surface area (Å²) < 4.78 is 10.3.